The van der Waals surface area contributed by atoms with Crippen LogP contribution in [-0.2, 0) is 11.5 Å². The van der Waals surface area contributed by atoms with Crippen LogP contribution in [0, 0.1) is 21.7 Å². The molecule has 12 heteroatoms. The van der Waals surface area contributed by atoms with Gasteiger partial charge in [-0.3, -0.25) is 14.9 Å². The van der Waals surface area contributed by atoms with Crippen LogP contribution in [0.4, 0.5) is 14.5 Å². The Morgan fingerprint density at radius 3 is 2.45 bits per heavy atom. The lowest BCUT2D eigenvalue weighted by Gasteiger charge is -2.15. The van der Waals surface area contributed by atoms with E-state index in [0.29, 0.717) is 46.5 Å². The van der Waals surface area contributed by atoms with Crippen molar-refractivity contribution >= 4 is 30.7 Å². The zero-order valence-electron chi connectivity index (χ0n) is 22.9. The first-order valence-electron chi connectivity index (χ1n) is 12.5. The van der Waals surface area contributed by atoms with Crippen LogP contribution in [0.2, 0.25) is 25.7 Å². The number of aromatic nitrogens is 2. The molecule has 0 aliphatic heterocycles. The van der Waals surface area contributed by atoms with Crippen molar-refractivity contribution in [3.63, 3.8) is 0 Å². The third-order valence-electron chi connectivity index (χ3n) is 6.18. The quantitative estimate of drug-likeness (QED) is 0.0914. The first-order valence-corrected chi connectivity index (χ1v) is 16.3. The van der Waals surface area contributed by atoms with E-state index in [1.165, 1.54) is 17.2 Å². The fourth-order valence-electron chi connectivity index (χ4n) is 4.07. The Morgan fingerprint density at radius 1 is 1.12 bits per heavy atom. The van der Waals surface area contributed by atoms with Gasteiger partial charge in [-0.25, -0.2) is 13.8 Å². The Labute approximate surface area is 231 Å². The van der Waals surface area contributed by atoms with Crippen molar-refractivity contribution in [2.75, 3.05) is 20.7 Å². The number of carbonyl (C=O) groups is 1. The Balaban J connectivity index is 1.83. The number of nitro groups is 1. The van der Waals surface area contributed by atoms with Crippen LogP contribution in [0.5, 0.6) is 11.5 Å². The van der Waals surface area contributed by atoms with Gasteiger partial charge >= 0.3 is 0 Å². The topological polar surface area (TPSA) is 99.7 Å². The van der Waals surface area contributed by atoms with Gasteiger partial charge < -0.3 is 18.9 Å². The van der Waals surface area contributed by atoms with Crippen molar-refractivity contribution in [2.45, 2.75) is 32.4 Å². The maximum Gasteiger partial charge on any atom is 0.275 e. The molecule has 2 heterocycles. The highest BCUT2D eigenvalue weighted by molar-refractivity contribution is 6.76. The van der Waals surface area contributed by atoms with Gasteiger partial charge in [-0.05, 0) is 29.8 Å². The van der Waals surface area contributed by atoms with Crippen LogP contribution in [0.25, 0.3) is 22.2 Å². The summed E-state index contributed by atoms with van der Waals surface area (Å²) in [5.41, 5.74) is 1.41. The molecule has 0 radical (unpaired) electrons. The predicted octanol–water partition coefficient (Wildman–Crippen LogP) is 6.70. The second kappa shape index (κ2) is 11.5. The van der Waals surface area contributed by atoms with E-state index < -0.39 is 36.1 Å². The van der Waals surface area contributed by atoms with Crippen molar-refractivity contribution in [1.82, 2.24) is 14.5 Å². The highest BCUT2D eigenvalue weighted by Crippen LogP contribution is 2.40. The number of rotatable bonds is 10. The fraction of sp³-hybridized carbons (Fsp3) is 0.286. The predicted molar refractivity (Wildman–Crippen MR) is 150 cm³/mol. The zero-order chi connectivity index (χ0) is 29.2. The van der Waals surface area contributed by atoms with Crippen LogP contribution in [-0.4, -0.2) is 54.1 Å². The largest absolute Gasteiger partial charge is 0.450 e. The molecule has 210 valence electrons. The summed E-state index contributed by atoms with van der Waals surface area (Å²) in [6.07, 6.45) is 3.23. The number of nitrogens with zero attached hydrogens (tertiary/aromatic N) is 4. The minimum Gasteiger partial charge on any atom is -0.450 e. The zero-order valence-corrected chi connectivity index (χ0v) is 23.9. The van der Waals surface area contributed by atoms with E-state index in [1.54, 1.807) is 49.1 Å². The highest BCUT2D eigenvalue weighted by Gasteiger charge is 2.23. The number of nitro benzene ring substituents is 1. The lowest BCUT2D eigenvalue weighted by Crippen LogP contribution is -2.22. The van der Waals surface area contributed by atoms with Gasteiger partial charge in [0.1, 0.15) is 18.1 Å². The standard InChI is InChI=1S/C28H30F2N4O5Si/c1-32(2)28(35)19-8-6-7-18(13-19)21-16-33(17-38-11-12-40(3,4)5)27-25(21)24(9-10-31-27)39-26-22(29)14-20(34(36)37)15-23(26)30/h6-10,13-16H,11-12,17H2,1-5H3. The van der Waals surface area contributed by atoms with Crippen LogP contribution < -0.4 is 4.74 Å². The van der Waals surface area contributed by atoms with Gasteiger partial charge in [0.05, 0.1) is 22.4 Å². The van der Waals surface area contributed by atoms with E-state index >= 15 is 0 Å². The smallest absolute Gasteiger partial charge is 0.275 e. The molecule has 0 aliphatic rings. The van der Waals surface area contributed by atoms with Gasteiger partial charge in [-0.2, -0.15) is 0 Å². The van der Waals surface area contributed by atoms with E-state index in [9.17, 15) is 23.7 Å². The van der Waals surface area contributed by atoms with E-state index in [0.717, 1.165) is 6.04 Å². The molecule has 2 aromatic heterocycles. The van der Waals surface area contributed by atoms with E-state index in [4.69, 9.17) is 9.47 Å². The van der Waals surface area contributed by atoms with Crippen LogP contribution in [0.15, 0.2) is 54.9 Å². The van der Waals surface area contributed by atoms with E-state index in [2.05, 4.69) is 24.6 Å². The Kier molecular flexibility index (Phi) is 8.31. The molecular formula is C28H30F2N4O5Si. The summed E-state index contributed by atoms with van der Waals surface area (Å²) in [5, 5.41) is 11.5. The van der Waals surface area contributed by atoms with Crippen LogP contribution in [0.1, 0.15) is 10.4 Å². The van der Waals surface area contributed by atoms with Gasteiger partial charge in [0.2, 0.25) is 0 Å². The molecule has 0 saturated heterocycles. The van der Waals surface area contributed by atoms with E-state index in [-0.39, 0.29) is 18.4 Å². The maximum atomic E-state index is 14.8. The lowest BCUT2D eigenvalue weighted by molar-refractivity contribution is -0.385. The molecule has 0 fully saturated rings. The average molecular weight is 569 g/mol. The maximum absolute atomic E-state index is 14.8. The summed E-state index contributed by atoms with van der Waals surface area (Å²) in [4.78, 5) is 28.7. The molecule has 9 nitrogen and oxygen atoms in total. The van der Waals surface area contributed by atoms with Gasteiger partial charge in [0, 0.05) is 52.3 Å². The number of amides is 1. The number of hydrogen-bond acceptors (Lipinski definition) is 6. The summed E-state index contributed by atoms with van der Waals surface area (Å²) in [7, 11) is 1.99. The molecule has 4 aromatic rings. The normalized spacial score (nSPS) is 11.6. The van der Waals surface area contributed by atoms with Crippen LogP contribution >= 0.6 is 0 Å². The van der Waals surface area contributed by atoms with Crippen molar-refractivity contribution in [3.8, 4) is 22.6 Å². The molecule has 0 spiro atoms. The summed E-state index contributed by atoms with van der Waals surface area (Å²) in [6, 6.07) is 10.6. The number of halogens is 2. The van der Waals surface area contributed by atoms with Crippen molar-refractivity contribution in [1.29, 1.82) is 0 Å². The first kappa shape index (κ1) is 28.8. The van der Waals surface area contributed by atoms with E-state index in [1.807, 2.05) is 0 Å². The van der Waals surface area contributed by atoms with Crippen molar-refractivity contribution in [3.05, 3.63) is 82.2 Å². The number of fused-ring (bicyclic) bond motifs is 1. The molecule has 2 aromatic carbocycles. The SMILES string of the molecule is CN(C)C(=O)c1cccc(-c2cn(COCC[Si](C)(C)C)c3nccc(Oc4c(F)cc([N+](=O)[O-])cc4F)c23)c1. The first-order chi connectivity index (χ1) is 18.9. The Morgan fingerprint density at radius 2 is 1.82 bits per heavy atom. The van der Waals surface area contributed by atoms with Gasteiger partial charge in [0.25, 0.3) is 11.6 Å². The third-order valence-corrected chi connectivity index (χ3v) is 7.88. The molecule has 0 bridgehead atoms. The monoisotopic (exact) mass is 568 g/mol. The number of carbonyl (C=O) groups excluding carboxylic acids is 1. The minimum atomic E-state index is -1.32. The fourth-order valence-corrected chi connectivity index (χ4v) is 4.82. The van der Waals surface area contributed by atoms with Crippen molar-refractivity contribution in [2.24, 2.45) is 0 Å². The summed E-state index contributed by atoms with van der Waals surface area (Å²) >= 11 is 0. The molecule has 1 amide bonds. The number of hydrogen-bond donors (Lipinski definition) is 0. The van der Waals surface area contributed by atoms with Crippen molar-refractivity contribution < 1.29 is 28.0 Å². The van der Waals surface area contributed by atoms with Crippen LogP contribution in [0.3, 0.4) is 0 Å². The molecule has 4 rings (SSSR count). The molecule has 0 aliphatic carbocycles. The molecule has 0 unspecified atom stereocenters. The Bertz CT molecular complexity index is 1560. The summed E-state index contributed by atoms with van der Waals surface area (Å²) in [6.45, 7) is 7.50. The van der Waals surface area contributed by atoms with Gasteiger partial charge in [-0.15, -0.1) is 0 Å². The molecule has 0 atom stereocenters. The summed E-state index contributed by atoms with van der Waals surface area (Å²) < 4.78 is 42.9. The second-order valence-electron chi connectivity index (χ2n) is 10.7. The highest BCUT2D eigenvalue weighted by atomic mass is 28.3. The van der Waals surface area contributed by atoms with Gasteiger partial charge in [-0.1, -0.05) is 31.8 Å². The second-order valence-corrected chi connectivity index (χ2v) is 16.4. The average Bonchev–Trinajstić information content (AvgIpc) is 3.27. The number of benzene rings is 2. The molecule has 40 heavy (non-hydrogen) atoms. The number of ether oxygens (including phenoxy) is 2. The third kappa shape index (κ3) is 6.34. The summed E-state index contributed by atoms with van der Waals surface area (Å²) in [5.74, 6) is -3.32. The molecule has 0 N–H and O–H groups in total. The van der Waals surface area contributed by atoms with Gasteiger partial charge in [0.15, 0.2) is 17.4 Å². The number of pyridine rings is 1. The minimum absolute atomic E-state index is 0.0804. The molecule has 0 saturated carbocycles. The molecular weight excluding hydrogens is 538 g/mol. The lowest BCUT2D eigenvalue weighted by atomic mass is 10.0. The number of non-ortho nitro benzene ring substituents is 1. The Hall–Kier alpha value is -4.16.